The van der Waals surface area contributed by atoms with Crippen LogP contribution in [0.25, 0.3) is 28.0 Å². The second kappa shape index (κ2) is 8.31. The molecule has 3 aromatic rings. The molecule has 0 unspecified atom stereocenters. The van der Waals surface area contributed by atoms with Crippen molar-refractivity contribution < 1.29 is 4.39 Å². The van der Waals surface area contributed by atoms with Crippen LogP contribution in [0.3, 0.4) is 0 Å². The van der Waals surface area contributed by atoms with Gasteiger partial charge in [0, 0.05) is 10.9 Å². The van der Waals surface area contributed by atoms with Crippen molar-refractivity contribution in [2.45, 2.75) is 51.4 Å². The average Bonchev–Trinajstić information content (AvgIpc) is 2.75. The number of fused-ring (bicyclic) bond motifs is 1. The summed E-state index contributed by atoms with van der Waals surface area (Å²) < 4.78 is 14.5. The maximum Gasteiger partial charge on any atom is 0.138 e. The Hall–Kier alpha value is -2.41. The fourth-order valence-electron chi connectivity index (χ4n) is 4.79. The van der Waals surface area contributed by atoms with Gasteiger partial charge in [0.05, 0.1) is 0 Å². The van der Waals surface area contributed by atoms with Crippen molar-refractivity contribution in [1.82, 2.24) is 0 Å². The van der Waals surface area contributed by atoms with Crippen LogP contribution in [-0.2, 0) is 0 Å². The van der Waals surface area contributed by atoms with E-state index in [-0.39, 0.29) is 5.82 Å². The molecule has 0 N–H and O–H groups in total. The van der Waals surface area contributed by atoms with Crippen LogP contribution in [-0.4, -0.2) is 0 Å². The van der Waals surface area contributed by atoms with E-state index in [1.54, 1.807) is 12.1 Å². The van der Waals surface area contributed by atoms with E-state index in [1.165, 1.54) is 49.7 Å². The molecule has 1 fully saturated rings. The van der Waals surface area contributed by atoms with Crippen LogP contribution in [0.5, 0.6) is 0 Å². The number of hydrogen-bond acceptors (Lipinski definition) is 0. The highest BCUT2D eigenvalue weighted by Crippen LogP contribution is 2.38. The molecular formula is C27H29F. The van der Waals surface area contributed by atoms with Crippen molar-refractivity contribution in [3.63, 3.8) is 0 Å². The molecule has 0 aliphatic heterocycles. The molecule has 28 heavy (non-hydrogen) atoms. The monoisotopic (exact) mass is 372 g/mol. The Morgan fingerprint density at radius 3 is 2.32 bits per heavy atom. The molecule has 144 valence electrons. The minimum Gasteiger partial charge on any atom is -0.206 e. The van der Waals surface area contributed by atoms with E-state index in [2.05, 4.69) is 43.8 Å². The lowest BCUT2D eigenvalue weighted by atomic mass is 9.77. The van der Waals surface area contributed by atoms with Crippen molar-refractivity contribution in [2.24, 2.45) is 5.92 Å². The average molecular weight is 373 g/mol. The highest BCUT2D eigenvalue weighted by atomic mass is 19.1. The van der Waals surface area contributed by atoms with E-state index in [0.29, 0.717) is 16.9 Å². The van der Waals surface area contributed by atoms with E-state index in [0.717, 1.165) is 16.9 Å². The fraction of sp³-hybridized carbons (Fsp3) is 0.333. The summed E-state index contributed by atoms with van der Waals surface area (Å²) in [6.07, 6.45) is 9.68. The first kappa shape index (κ1) is 18.9. The zero-order valence-electron chi connectivity index (χ0n) is 16.8. The summed E-state index contributed by atoms with van der Waals surface area (Å²) in [5.74, 6) is 1.47. The standard InChI is InChI=1S/C27H29F/c1-3-5-19-6-8-21(9-7-19)22-11-13-23(14-12-22)24-16-17-26-25(18-24)15-10-20(4-2)27(26)28/h4,10-19,21H,2-3,5-9H2,1H3. The maximum atomic E-state index is 14.5. The second-order valence-corrected chi connectivity index (χ2v) is 8.24. The van der Waals surface area contributed by atoms with Crippen molar-refractivity contribution in [3.05, 3.63) is 78.1 Å². The minimum absolute atomic E-state index is 0.187. The largest absolute Gasteiger partial charge is 0.206 e. The Labute approximate surface area is 168 Å². The number of hydrogen-bond donors (Lipinski definition) is 0. The summed E-state index contributed by atoms with van der Waals surface area (Å²) in [6.45, 7) is 5.98. The Morgan fingerprint density at radius 2 is 1.64 bits per heavy atom. The van der Waals surface area contributed by atoms with Crippen LogP contribution >= 0.6 is 0 Å². The van der Waals surface area contributed by atoms with Gasteiger partial charge in [-0.2, -0.15) is 0 Å². The smallest absolute Gasteiger partial charge is 0.138 e. The molecule has 1 aliphatic rings. The van der Waals surface area contributed by atoms with Crippen LogP contribution < -0.4 is 0 Å². The Balaban J connectivity index is 1.53. The first-order chi connectivity index (χ1) is 13.7. The molecule has 0 amide bonds. The second-order valence-electron chi connectivity index (χ2n) is 8.24. The summed E-state index contributed by atoms with van der Waals surface area (Å²) in [5.41, 5.74) is 4.36. The van der Waals surface area contributed by atoms with Gasteiger partial charge in [0.15, 0.2) is 0 Å². The van der Waals surface area contributed by atoms with Crippen molar-refractivity contribution in [3.8, 4) is 11.1 Å². The van der Waals surface area contributed by atoms with E-state index in [9.17, 15) is 4.39 Å². The van der Waals surface area contributed by atoms with Gasteiger partial charge < -0.3 is 0 Å². The normalized spacial score (nSPS) is 19.6. The zero-order chi connectivity index (χ0) is 19.5. The maximum absolute atomic E-state index is 14.5. The lowest BCUT2D eigenvalue weighted by molar-refractivity contribution is 0.308. The van der Waals surface area contributed by atoms with Crippen molar-refractivity contribution in [1.29, 1.82) is 0 Å². The quantitative estimate of drug-likeness (QED) is 0.422. The van der Waals surface area contributed by atoms with Crippen LogP contribution in [0.4, 0.5) is 4.39 Å². The first-order valence-corrected chi connectivity index (χ1v) is 10.6. The molecule has 0 radical (unpaired) electrons. The number of rotatable bonds is 5. The van der Waals surface area contributed by atoms with Gasteiger partial charge in [-0.3, -0.25) is 0 Å². The van der Waals surface area contributed by atoms with Crippen molar-refractivity contribution in [2.75, 3.05) is 0 Å². The van der Waals surface area contributed by atoms with Crippen LogP contribution in [0, 0.1) is 11.7 Å². The van der Waals surface area contributed by atoms with Gasteiger partial charge in [0.25, 0.3) is 0 Å². The first-order valence-electron chi connectivity index (χ1n) is 10.6. The Morgan fingerprint density at radius 1 is 0.929 bits per heavy atom. The van der Waals surface area contributed by atoms with Crippen LogP contribution in [0.2, 0.25) is 0 Å². The van der Waals surface area contributed by atoms with Crippen LogP contribution in [0.15, 0.2) is 61.2 Å². The molecule has 0 saturated heterocycles. The summed E-state index contributed by atoms with van der Waals surface area (Å²) in [6, 6.07) is 18.8. The third-order valence-corrected chi connectivity index (χ3v) is 6.46. The minimum atomic E-state index is -0.187. The van der Waals surface area contributed by atoms with Gasteiger partial charge in [-0.05, 0) is 65.7 Å². The van der Waals surface area contributed by atoms with E-state index < -0.39 is 0 Å². The summed E-state index contributed by atoms with van der Waals surface area (Å²) >= 11 is 0. The highest BCUT2D eigenvalue weighted by Gasteiger charge is 2.21. The van der Waals surface area contributed by atoms with Gasteiger partial charge in [-0.15, -0.1) is 0 Å². The molecule has 3 aromatic carbocycles. The molecule has 1 heteroatoms. The van der Waals surface area contributed by atoms with E-state index in [4.69, 9.17) is 0 Å². The molecule has 0 nitrogen and oxygen atoms in total. The topological polar surface area (TPSA) is 0 Å². The van der Waals surface area contributed by atoms with E-state index in [1.807, 2.05) is 18.2 Å². The molecule has 4 rings (SSSR count). The summed E-state index contributed by atoms with van der Waals surface area (Å²) in [7, 11) is 0. The predicted molar refractivity (Wildman–Crippen MR) is 119 cm³/mol. The molecule has 0 heterocycles. The van der Waals surface area contributed by atoms with Gasteiger partial charge >= 0.3 is 0 Å². The molecular weight excluding hydrogens is 343 g/mol. The number of benzene rings is 3. The SMILES string of the molecule is C=Cc1ccc2cc(-c3ccc(C4CCC(CCC)CC4)cc3)ccc2c1F. The lowest BCUT2D eigenvalue weighted by Crippen LogP contribution is -2.13. The third-order valence-electron chi connectivity index (χ3n) is 6.46. The van der Waals surface area contributed by atoms with Gasteiger partial charge in [0.1, 0.15) is 5.82 Å². The van der Waals surface area contributed by atoms with Gasteiger partial charge in [-0.1, -0.05) is 81.0 Å². The third kappa shape index (κ3) is 3.76. The Bertz CT molecular complexity index is 959. The summed E-state index contributed by atoms with van der Waals surface area (Å²) in [5, 5.41) is 1.58. The molecule has 0 bridgehead atoms. The lowest BCUT2D eigenvalue weighted by Gasteiger charge is -2.28. The molecule has 0 aromatic heterocycles. The van der Waals surface area contributed by atoms with Gasteiger partial charge in [-0.25, -0.2) is 4.39 Å². The fourth-order valence-corrected chi connectivity index (χ4v) is 4.79. The van der Waals surface area contributed by atoms with E-state index >= 15 is 0 Å². The molecule has 1 aliphatic carbocycles. The molecule has 0 atom stereocenters. The van der Waals surface area contributed by atoms with Crippen LogP contribution in [0.1, 0.15) is 62.5 Å². The summed E-state index contributed by atoms with van der Waals surface area (Å²) in [4.78, 5) is 0. The predicted octanol–water partition coefficient (Wildman–Crippen LogP) is 8.36. The van der Waals surface area contributed by atoms with Gasteiger partial charge in [0.2, 0.25) is 0 Å². The number of halogens is 1. The van der Waals surface area contributed by atoms with Crippen molar-refractivity contribution >= 4 is 16.8 Å². The molecule has 1 saturated carbocycles. The Kier molecular flexibility index (Phi) is 5.62. The zero-order valence-corrected chi connectivity index (χ0v) is 16.8. The highest BCUT2D eigenvalue weighted by molar-refractivity contribution is 5.89. The molecule has 0 spiro atoms.